The topological polar surface area (TPSA) is 79.3 Å². The number of aromatic nitrogens is 1. The number of rotatable bonds is 5. The van der Waals surface area contributed by atoms with Gasteiger partial charge in [-0.2, -0.15) is 0 Å². The first-order chi connectivity index (χ1) is 9.95. The van der Waals surface area contributed by atoms with Gasteiger partial charge in [-0.3, -0.25) is 4.79 Å². The summed E-state index contributed by atoms with van der Waals surface area (Å²) < 4.78 is 0.561. The number of amides is 1. The van der Waals surface area contributed by atoms with Gasteiger partial charge in [-0.05, 0) is 25.1 Å². The molecule has 0 aliphatic heterocycles. The molecule has 5 nitrogen and oxygen atoms in total. The number of nitrogens with one attached hydrogen (secondary N) is 1. The molecule has 0 saturated carbocycles. The highest BCUT2D eigenvalue weighted by Crippen LogP contribution is 2.27. The maximum absolute atomic E-state index is 11.8. The van der Waals surface area contributed by atoms with Gasteiger partial charge in [0.2, 0.25) is 5.91 Å². The molecule has 1 aromatic carbocycles. The fraction of sp³-hybridized carbons (Fsp3) is 0.154. The molecule has 0 radical (unpaired) electrons. The number of anilines is 1. The van der Waals surface area contributed by atoms with E-state index in [2.05, 4.69) is 10.3 Å². The van der Waals surface area contributed by atoms with E-state index < -0.39 is 5.97 Å². The third kappa shape index (κ3) is 4.45. The van der Waals surface area contributed by atoms with Crippen LogP contribution in [0.1, 0.15) is 15.4 Å². The third-order valence-electron chi connectivity index (χ3n) is 2.41. The summed E-state index contributed by atoms with van der Waals surface area (Å²) in [6.07, 6.45) is 0. The number of thioether (sulfide) groups is 1. The van der Waals surface area contributed by atoms with Crippen LogP contribution in [0.15, 0.2) is 28.6 Å². The Balaban J connectivity index is 1.92. The van der Waals surface area contributed by atoms with Gasteiger partial charge in [0.15, 0.2) is 4.34 Å². The van der Waals surface area contributed by atoms with Gasteiger partial charge in [0, 0.05) is 10.7 Å². The standard InChI is InChI=1S/C13H11ClN2O3S2/c1-7-11(12(18)19)21-13(15-7)20-6-10(17)16-9-4-2-3-8(14)5-9/h2-5H,6H2,1H3,(H,16,17)(H,18,19). The number of halogens is 1. The van der Waals surface area contributed by atoms with Crippen molar-refractivity contribution in [3.05, 3.63) is 39.9 Å². The third-order valence-corrected chi connectivity index (χ3v) is 4.93. The minimum absolute atomic E-state index is 0.151. The maximum atomic E-state index is 11.8. The summed E-state index contributed by atoms with van der Waals surface area (Å²) in [6.45, 7) is 1.63. The molecule has 2 rings (SSSR count). The molecule has 2 aromatic rings. The SMILES string of the molecule is Cc1nc(SCC(=O)Nc2cccc(Cl)c2)sc1C(=O)O. The van der Waals surface area contributed by atoms with E-state index in [4.69, 9.17) is 16.7 Å². The molecule has 0 aliphatic rings. The number of carbonyl (C=O) groups is 2. The molecule has 21 heavy (non-hydrogen) atoms. The van der Waals surface area contributed by atoms with Crippen molar-refractivity contribution in [2.75, 3.05) is 11.1 Å². The fourth-order valence-electron chi connectivity index (χ4n) is 1.52. The van der Waals surface area contributed by atoms with Crippen LogP contribution in [-0.2, 0) is 4.79 Å². The van der Waals surface area contributed by atoms with Crippen molar-refractivity contribution >= 4 is 52.3 Å². The Hall–Kier alpha value is -1.57. The van der Waals surface area contributed by atoms with Gasteiger partial charge >= 0.3 is 5.97 Å². The number of hydrogen-bond donors (Lipinski definition) is 2. The molecular weight excluding hydrogens is 332 g/mol. The van der Waals surface area contributed by atoms with Crippen LogP contribution in [-0.4, -0.2) is 27.7 Å². The van der Waals surface area contributed by atoms with Crippen molar-refractivity contribution in [2.45, 2.75) is 11.3 Å². The average Bonchev–Trinajstić information content (AvgIpc) is 2.78. The molecule has 0 unspecified atom stereocenters. The van der Waals surface area contributed by atoms with Crippen LogP contribution >= 0.6 is 34.7 Å². The summed E-state index contributed by atoms with van der Waals surface area (Å²) in [6, 6.07) is 6.86. The Morgan fingerprint density at radius 3 is 2.86 bits per heavy atom. The highest BCUT2D eigenvalue weighted by Gasteiger charge is 2.15. The van der Waals surface area contributed by atoms with Gasteiger partial charge in [0.05, 0.1) is 11.4 Å². The second kappa shape index (κ2) is 6.93. The van der Waals surface area contributed by atoms with Crippen molar-refractivity contribution in [3.63, 3.8) is 0 Å². The normalized spacial score (nSPS) is 10.4. The van der Waals surface area contributed by atoms with Crippen molar-refractivity contribution in [3.8, 4) is 0 Å². The number of carbonyl (C=O) groups excluding carboxylic acids is 1. The van der Waals surface area contributed by atoms with Gasteiger partial charge in [0.25, 0.3) is 0 Å². The lowest BCUT2D eigenvalue weighted by Crippen LogP contribution is -2.13. The highest BCUT2D eigenvalue weighted by molar-refractivity contribution is 8.01. The number of carboxylic acids is 1. The van der Waals surface area contributed by atoms with Crippen LogP contribution in [0.5, 0.6) is 0 Å². The minimum atomic E-state index is -1.000. The molecule has 0 saturated heterocycles. The van der Waals surface area contributed by atoms with E-state index in [-0.39, 0.29) is 16.5 Å². The number of nitrogens with zero attached hydrogens (tertiary/aromatic N) is 1. The first-order valence-corrected chi connectivity index (χ1v) is 8.02. The zero-order chi connectivity index (χ0) is 15.4. The summed E-state index contributed by atoms with van der Waals surface area (Å²) >= 11 is 8.10. The lowest BCUT2D eigenvalue weighted by atomic mass is 10.3. The molecule has 1 amide bonds. The average molecular weight is 343 g/mol. The van der Waals surface area contributed by atoms with Crippen molar-refractivity contribution in [1.29, 1.82) is 0 Å². The monoisotopic (exact) mass is 342 g/mol. The van der Waals surface area contributed by atoms with E-state index >= 15 is 0 Å². The molecule has 8 heteroatoms. The number of carboxylic acid groups (broad SMARTS) is 1. The summed E-state index contributed by atoms with van der Waals surface area (Å²) in [5, 5.41) is 12.2. The van der Waals surface area contributed by atoms with Crippen molar-refractivity contribution in [1.82, 2.24) is 4.98 Å². The quantitative estimate of drug-likeness (QED) is 0.812. The Labute approximate surface area is 134 Å². The number of hydrogen-bond acceptors (Lipinski definition) is 5. The zero-order valence-corrected chi connectivity index (χ0v) is 13.3. The molecule has 0 atom stereocenters. The number of benzene rings is 1. The molecule has 1 heterocycles. The van der Waals surface area contributed by atoms with Gasteiger partial charge in [-0.15, -0.1) is 11.3 Å². The van der Waals surface area contributed by atoms with Crippen LogP contribution in [0.3, 0.4) is 0 Å². The van der Waals surface area contributed by atoms with E-state index in [1.54, 1.807) is 31.2 Å². The Morgan fingerprint density at radius 1 is 1.48 bits per heavy atom. The van der Waals surface area contributed by atoms with Crippen LogP contribution < -0.4 is 5.32 Å². The van der Waals surface area contributed by atoms with Crippen LogP contribution in [0.4, 0.5) is 5.69 Å². The summed E-state index contributed by atoms with van der Waals surface area (Å²) in [4.78, 5) is 27.1. The number of thiazole rings is 1. The van der Waals surface area contributed by atoms with Gasteiger partial charge in [-0.25, -0.2) is 9.78 Å². The number of aromatic carboxylic acids is 1. The fourth-order valence-corrected chi connectivity index (χ4v) is 3.54. The first-order valence-electron chi connectivity index (χ1n) is 5.84. The predicted octanol–water partition coefficient (Wildman–Crippen LogP) is 3.53. The lowest BCUT2D eigenvalue weighted by Gasteiger charge is -2.04. The van der Waals surface area contributed by atoms with E-state index in [0.29, 0.717) is 20.7 Å². The lowest BCUT2D eigenvalue weighted by molar-refractivity contribution is -0.113. The molecule has 0 fully saturated rings. The van der Waals surface area contributed by atoms with E-state index in [1.807, 2.05) is 0 Å². The minimum Gasteiger partial charge on any atom is -0.477 e. The molecular formula is C13H11ClN2O3S2. The summed E-state index contributed by atoms with van der Waals surface area (Å²) in [5.41, 5.74) is 1.08. The Bertz CT molecular complexity index is 688. The highest BCUT2D eigenvalue weighted by atomic mass is 35.5. The second-order valence-electron chi connectivity index (χ2n) is 4.05. The van der Waals surface area contributed by atoms with E-state index in [9.17, 15) is 9.59 Å². The Morgan fingerprint density at radius 2 is 2.24 bits per heavy atom. The Kier molecular flexibility index (Phi) is 5.22. The zero-order valence-electron chi connectivity index (χ0n) is 10.9. The van der Waals surface area contributed by atoms with E-state index in [0.717, 1.165) is 11.3 Å². The molecule has 0 aliphatic carbocycles. The largest absolute Gasteiger partial charge is 0.477 e. The molecule has 1 aromatic heterocycles. The van der Waals surface area contributed by atoms with Gasteiger partial charge < -0.3 is 10.4 Å². The molecule has 2 N–H and O–H groups in total. The van der Waals surface area contributed by atoms with Crippen LogP contribution in [0.2, 0.25) is 5.02 Å². The molecule has 0 bridgehead atoms. The summed E-state index contributed by atoms with van der Waals surface area (Å²) in [5.74, 6) is -1.05. The van der Waals surface area contributed by atoms with Crippen molar-refractivity contribution < 1.29 is 14.7 Å². The van der Waals surface area contributed by atoms with E-state index in [1.165, 1.54) is 11.8 Å². The summed E-state index contributed by atoms with van der Waals surface area (Å²) in [7, 11) is 0. The smallest absolute Gasteiger partial charge is 0.347 e. The predicted molar refractivity (Wildman–Crippen MR) is 84.6 cm³/mol. The first kappa shape index (κ1) is 15.8. The maximum Gasteiger partial charge on any atom is 0.347 e. The molecule has 0 spiro atoms. The van der Waals surface area contributed by atoms with Crippen molar-refractivity contribution in [2.24, 2.45) is 0 Å². The molecule has 110 valence electrons. The van der Waals surface area contributed by atoms with Gasteiger partial charge in [0.1, 0.15) is 4.88 Å². The van der Waals surface area contributed by atoms with Crippen LogP contribution in [0.25, 0.3) is 0 Å². The second-order valence-corrected chi connectivity index (χ2v) is 6.70. The van der Waals surface area contributed by atoms with Gasteiger partial charge in [-0.1, -0.05) is 29.4 Å². The number of aryl methyl sites for hydroxylation is 1. The van der Waals surface area contributed by atoms with Crippen LogP contribution in [0, 0.1) is 6.92 Å².